The predicted octanol–water partition coefficient (Wildman–Crippen LogP) is 3.36. The van der Waals surface area contributed by atoms with Crippen LogP contribution in [0.25, 0.3) is 22.3 Å². The van der Waals surface area contributed by atoms with Gasteiger partial charge in [-0.25, -0.2) is 4.98 Å². The molecule has 94 valence electrons. The van der Waals surface area contributed by atoms with Crippen LogP contribution in [0.3, 0.4) is 0 Å². The van der Waals surface area contributed by atoms with E-state index in [1.54, 1.807) is 11.6 Å². The van der Waals surface area contributed by atoms with Gasteiger partial charge in [0, 0.05) is 17.1 Å². The molecule has 19 heavy (non-hydrogen) atoms. The summed E-state index contributed by atoms with van der Waals surface area (Å²) < 4.78 is 2.62. The predicted molar refractivity (Wildman–Crippen MR) is 80.1 cm³/mol. The van der Waals surface area contributed by atoms with Crippen LogP contribution in [-0.4, -0.2) is 9.55 Å². The van der Waals surface area contributed by atoms with Gasteiger partial charge >= 0.3 is 0 Å². The zero-order valence-electron chi connectivity index (χ0n) is 10.3. The topological polar surface area (TPSA) is 34.9 Å². The van der Waals surface area contributed by atoms with Gasteiger partial charge in [0.15, 0.2) is 0 Å². The van der Waals surface area contributed by atoms with Gasteiger partial charge in [0.2, 0.25) is 0 Å². The molecule has 0 fully saturated rings. The summed E-state index contributed by atoms with van der Waals surface area (Å²) >= 11 is 3.39. The van der Waals surface area contributed by atoms with E-state index in [0.29, 0.717) is 5.69 Å². The van der Waals surface area contributed by atoms with E-state index in [2.05, 4.69) is 20.9 Å². The van der Waals surface area contributed by atoms with E-state index in [-0.39, 0.29) is 5.56 Å². The number of halogens is 1. The van der Waals surface area contributed by atoms with Gasteiger partial charge in [0.05, 0.1) is 11.0 Å². The average Bonchev–Trinajstić information content (AvgIpc) is 2.44. The molecule has 2 aromatic carbocycles. The highest BCUT2D eigenvalue weighted by atomic mass is 79.9. The molecule has 4 heteroatoms. The van der Waals surface area contributed by atoms with E-state index in [1.165, 1.54) is 0 Å². The Labute approximate surface area is 118 Å². The Morgan fingerprint density at radius 3 is 2.47 bits per heavy atom. The minimum Gasteiger partial charge on any atom is -0.308 e. The summed E-state index contributed by atoms with van der Waals surface area (Å²) in [5.74, 6) is 0. The maximum atomic E-state index is 12.4. The second-order valence-corrected chi connectivity index (χ2v) is 5.24. The van der Waals surface area contributed by atoms with Gasteiger partial charge < -0.3 is 4.57 Å². The Bertz CT molecular complexity index is 806. The van der Waals surface area contributed by atoms with Crippen LogP contribution in [0, 0.1) is 0 Å². The molecule has 3 rings (SSSR count). The Morgan fingerprint density at radius 1 is 1.05 bits per heavy atom. The lowest BCUT2D eigenvalue weighted by atomic mass is 10.1. The van der Waals surface area contributed by atoms with Crippen LogP contribution in [0.2, 0.25) is 0 Å². The summed E-state index contributed by atoms with van der Waals surface area (Å²) in [6.07, 6.45) is 0. The van der Waals surface area contributed by atoms with E-state index < -0.39 is 0 Å². The third-order valence-electron chi connectivity index (χ3n) is 3.10. The number of hydrogen-bond acceptors (Lipinski definition) is 2. The largest absolute Gasteiger partial charge is 0.308 e. The smallest absolute Gasteiger partial charge is 0.277 e. The number of rotatable bonds is 1. The normalized spacial score (nSPS) is 10.8. The van der Waals surface area contributed by atoms with Crippen LogP contribution >= 0.6 is 15.9 Å². The molecule has 0 bridgehead atoms. The van der Waals surface area contributed by atoms with Crippen molar-refractivity contribution in [2.75, 3.05) is 0 Å². The van der Waals surface area contributed by atoms with Crippen LogP contribution < -0.4 is 5.56 Å². The van der Waals surface area contributed by atoms with Gasteiger partial charge in [-0.05, 0) is 24.3 Å². The van der Waals surface area contributed by atoms with Crippen LogP contribution in [0.5, 0.6) is 0 Å². The van der Waals surface area contributed by atoms with E-state index in [4.69, 9.17) is 0 Å². The molecule has 3 aromatic rings. The highest BCUT2D eigenvalue weighted by Gasteiger charge is 2.09. The average molecular weight is 315 g/mol. The lowest BCUT2D eigenvalue weighted by molar-refractivity contribution is 0.895. The summed E-state index contributed by atoms with van der Waals surface area (Å²) in [5, 5.41) is 0. The third kappa shape index (κ3) is 2.08. The Hall–Kier alpha value is -1.94. The Kier molecular flexibility index (Phi) is 2.95. The quantitative estimate of drug-likeness (QED) is 0.690. The van der Waals surface area contributed by atoms with Gasteiger partial charge in [-0.2, -0.15) is 0 Å². The molecule has 3 nitrogen and oxygen atoms in total. The summed E-state index contributed by atoms with van der Waals surface area (Å²) in [6.45, 7) is 0. The summed E-state index contributed by atoms with van der Waals surface area (Å²) in [4.78, 5) is 16.8. The van der Waals surface area contributed by atoms with Crippen molar-refractivity contribution in [2.24, 2.45) is 7.05 Å². The number of aromatic nitrogens is 2. The molecule has 0 unspecified atom stereocenters. The van der Waals surface area contributed by atoms with Crippen LogP contribution in [0.1, 0.15) is 0 Å². The van der Waals surface area contributed by atoms with E-state index in [9.17, 15) is 4.79 Å². The van der Waals surface area contributed by atoms with E-state index >= 15 is 0 Å². The first-order valence-electron chi connectivity index (χ1n) is 5.88. The fraction of sp³-hybridized carbons (Fsp3) is 0.0667. The monoisotopic (exact) mass is 314 g/mol. The Morgan fingerprint density at radius 2 is 1.74 bits per heavy atom. The molecule has 0 atom stereocenters. The number of hydrogen-bond donors (Lipinski definition) is 0. The molecular weight excluding hydrogens is 304 g/mol. The first-order valence-corrected chi connectivity index (χ1v) is 6.68. The van der Waals surface area contributed by atoms with Crippen molar-refractivity contribution in [1.29, 1.82) is 0 Å². The van der Waals surface area contributed by atoms with Crippen molar-refractivity contribution in [1.82, 2.24) is 9.55 Å². The minimum absolute atomic E-state index is 0.0824. The lowest BCUT2D eigenvalue weighted by Crippen LogP contribution is -2.20. The molecular formula is C15H11BrN2O. The van der Waals surface area contributed by atoms with Crippen LogP contribution in [-0.2, 0) is 7.05 Å². The van der Waals surface area contributed by atoms with Gasteiger partial charge in [-0.15, -0.1) is 0 Å². The van der Waals surface area contributed by atoms with Crippen molar-refractivity contribution < 1.29 is 0 Å². The summed E-state index contributed by atoms with van der Waals surface area (Å²) in [6, 6.07) is 15.2. The number of para-hydroxylation sites is 2. The number of benzene rings is 2. The van der Waals surface area contributed by atoms with E-state index in [0.717, 1.165) is 21.1 Å². The summed E-state index contributed by atoms with van der Waals surface area (Å²) in [7, 11) is 1.77. The molecule has 0 saturated heterocycles. The highest BCUT2D eigenvalue weighted by molar-refractivity contribution is 9.10. The standard InChI is InChI=1S/C15H11BrN2O/c1-18-13-5-3-2-4-12(13)17-14(15(18)19)10-6-8-11(16)9-7-10/h2-9H,1H3. The first-order chi connectivity index (χ1) is 9.16. The summed E-state index contributed by atoms with van der Waals surface area (Å²) in [5.41, 5.74) is 2.89. The zero-order chi connectivity index (χ0) is 13.4. The lowest BCUT2D eigenvalue weighted by Gasteiger charge is -2.07. The van der Waals surface area contributed by atoms with E-state index in [1.807, 2.05) is 48.5 Å². The molecule has 0 aliphatic carbocycles. The molecule has 1 heterocycles. The first kappa shape index (κ1) is 12.1. The van der Waals surface area contributed by atoms with Crippen LogP contribution in [0.4, 0.5) is 0 Å². The zero-order valence-corrected chi connectivity index (χ0v) is 11.9. The molecule has 0 saturated carbocycles. The highest BCUT2D eigenvalue weighted by Crippen LogP contribution is 2.19. The van der Waals surface area contributed by atoms with Crippen molar-refractivity contribution in [3.8, 4) is 11.3 Å². The second kappa shape index (κ2) is 4.63. The molecule has 0 aliphatic heterocycles. The molecule has 0 amide bonds. The van der Waals surface area contributed by atoms with Crippen molar-refractivity contribution in [2.45, 2.75) is 0 Å². The molecule has 0 N–H and O–H groups in total. The van der Waals surface area contributed by atoms with Crippen molar-refractivity contribution in [3.63, 3.8) is 0 Å². The maximum Gasteiger partial charge on any atom is 0.277 e. The van der Waals surface area contributed by atoms with Gasteiger partial charge in [-0.3, -0.25) is 4.79 Å². The Balaban J connectivity index is 2.33. The van der Waals surface area contributed by atoms with Gasteiger partial charge in [-0.1, -0.05) is 40.2 Å². The number of nitrogens with zero attached hydrogens (tertiary/aromatic N) is 2. The van der Waals surface area contributed by atoms with Crippen molar-refractivity contribution in [3.05, 3.63) is 63.4 Å². The fourth-order valence-corrected chi connectivity index (χ4v) is 2.34. The minimum atomic E-state index is -0.0824. The van der Waals surface area contributed by atoms with Gasteiger partial charge in [0.1, 0.15) is 5.69 Å². The maximum absolute atomic E-state index is 12.4. The second-order valence-electron chi connectivity index (χ2n) is 4.32. The third-order valence-corrected chi connectivity index (χ3v) is 3.63. The number of aryl methyl sites for hydroxylation is 1. The molecule has 0 spiro atoms. The molecule has 1 aromatic heterocycles. The fourth-order valence-electron chi connectivity index (χ4n) is 2.07. The molecule has 0 aliphatic rings. The number of fused-ring (bicyclic) bond motifs is 1. The SMILES string of the molecule is Cn1c(=O)c(-c2ccc(Br)cc2)nc2ccccc21. The van der Waals surface area contributed by atoms with Crippen molar-refractivity contribution >= 4 is 27.0 Å². The van der Waals surface area contributed by atoms with Gasteiger partial charge in [0.25, 0.3) is 5.56 Å². The van der Waals surface area contributed by atoms with Crippen LogP contribution in [0.15, 0.2) is 57.8 Å². The molecule has 0 radical (unpaired) electrons.